The van der Waals surface area contributed by atoms with Gasteiger partial charge >= 0.3 is 6.61 Å². The van der Waals surface area contributed by atoms with Gasteiger partial charge in [0.1, 0.15) is 0 Å². The van der Waals surface area contributed by atoms with Gasteiger partial charge in [-0.25, -0.2) is 4.98 Å². The molecule has 0 atom stereocenters. The molecule has 0 spiro atoms. The number of nitrogens with one attached hydrogen (secondary N) is 1. The van der Waals surface area contributed by atoms with Crippen molar-refractivity contribution in [2.75, 3.05) is 4.72 Å². The molecule has 0 aliphatic rings. The van der Waals surface area contributed by atoms with Gasteiger partial charge in [0.2, 0.25) is 0 Å². The molecule has 2 heterocycles. The van der Waals surface area contributed by atoms with Gasteiger partial charge in [0.15, 0.2) is 16.5 Å². The Morgan fingerprint density at radius 1 is 1.33 bits per heavy atom. The van der Waals surface area contributed by atoms with Crippen LogP contribution in [-0.4, -0.2) is 25.2 Å². The topological polar surface area (TPSA) is 94.3 Å². The van der Waals surface area contributed by atoms with Gasteiger partial charge in [-0.15, -0.1) is 11.3 Å². The van der Waals surface area contributed by atoms with E-state index in [9.17, 15) is 17.2 Å². The van der Waals surface area contributed by atoms with Gasteiger partial charge in [-0.1, -0.05) is 0 Å². The van der Waals surface area contributed by atoms with Gasteiger partial charge in [0, 0.05) is 4.88 Å². The second kappa shape index (κ2) is 5.56. The van der Waals surface area contributed by atoms with Crippen LogP contribution < -0.4 is 9.46 Å². The first-order valence-electron chi connectivity index (χ1n) is 5.58. The van der Waals surface area contributed by atoms with Crippen LogP contribution in [0, 0.1) is 20.8 Å². The van der Waals surface area contributed by atoms with Crippen molar-refractivity contribution < 1.29 is 26.5 Å². The Hall–Kier alpha value is -1.75. The smallest absolute Gasteiger partial charge is 0.388 e. The molecule has 0 saturated heterocycles. The number of nitrogens with zero attached hydrogens (tertiary/aromatic N) is 2. The number of hydrogen-bond acceptors (Lipinski definition) is 7. The molecule has 1 N–H and O–H groups in total. The van der Waals surface area contributed by atoms with E-state index in [1.54, 1.807) is 13.8 Å². The highest BCUT2D eigenvalue weighted by Gasteiger charge is 2.27. The average Bonchev–Trinajstić information content (AvgIpc) is 2.85. The van der Waals surface area contributed by atoms with Gasteiger partial charge in [-0.05, 0) is 25.9 Å². The lowest BCUT2D eigenvalue weighted by Gasteiger charge is -2.07. The fourth-order valence-corrected chi connectivity index (χ4v) is 4.03. The van der Waals surface area contributed by atoms with Crippen LogP contribution in [0.1, 0.15) is 15.6 Å². The van der Waals surface area contributed by atoms with Gasteiger partial charge in [0.05, 0.1) is 5.01 Å². The number of sulfonamides is 1. The molecule has 116 valence electrons. The minimum Gasteiger partial charge on any atom is -0.412 e. The van der Waals surface area contributed by atoms with Crippen LogP contribution in [0.25, 0.3) is 0 Å². The summed E-state index contributed by atoms with van der Waals surface area (Å²) in [4.78, 5) is 4.39. The van der Waals surface area contributed by atoms with Crippen molar-refractivity contribution in [1.82, 2.24) is 10.1 Å². The summed E-state index contributed by atoms with van der Waals surface area (Å²) in [5.74, 6) is -0.630. The van der Waals surface area contributed by atoms with Crippen LogP contribution >= 0.6 is 11.3 Å². The van der Waals surface area contributed by atoms with E-state index >= 15 is 0 Å². The van der Waals surface area contributed by atoms with Crippen molar-refractivity contribution in [3.05, 3.63) is 15.6 Å². The van der Waals surface area contributed by atoms with Crippen molar-refractivity contribution in [3.8, 4) is 5.88 Å². The second-order valence-corrected chi connectivity index (χ2v) is 7.00. The molecule has 7 nitrogen and oxygen atoms in total. The van der Waals surface area contributed by atoms with Gasteiger partial charge in [-0.2, -0.15) is 17.2 Å². The molecule has 2 aromatic rings. The number of ether oxygens (including phenoxy) is 1. The zero-order chi connectivity index (χ0) is 15.8. The molecule has 0 amide bonds. The predicted molar refractivity (Wildman–Crippen MR) is 70.3 cm³/mol. The SMILES string of the molecule is Cc1nc(S(=O)(=O)Nc2c(OC(F)F)noc2C)c(C)s1. The van der Waals surface area contributed by atoms with E-state index in [4.69, 9.17) is 0 Å². The van der Waals surface area contributed by atoms with Crippen LogP contribution in [0.5, 0.6) is 5.88 Å². The molecule has 0 fully saturated rings. The first kappa shape index (κ1) is 15.6. The number of anilines is 1. The van der Waals surface area contributed by atoms with E-state index in [2.05, 4.69) is 24.1 Å². The van der Waals surface area contributed by atoms with Crippen molar-refractivity contribution in [2.24, 2.45) is 0 Å². The third-order valence-corrected chi connectivity index (χ3v) is 4.78. The normalized spacial score (nSPS) is 11.9. The van der Waals surface area contributed by atoms with E-state index in [1.807, 2.05) is 0 Å². The van der Waals surface area contributed by atoms with Crippen LogP contribution in [0.2, 0.25) is 0 Å². The second-order valence-electron chi connectivity index (χ2n) is 4.00. The summed E-state index contributed by atoms with van der Waals surface area (Å²) in [7, 11) is -4.05. The molecular formula is C10H11F2N3O4S2. The van der Waals surface area contributed by atoms with Crippen LogP contribution in [0.4, 0.5) is 14.5 Å². The zero-order valence-electron chi connectivity index (χ0n) is 11.2. The van der Waals surface area contributed by atoms with Gasteiger partial charge in [-0.3, -0.25) is 4.72 Å². The number of alkyl halides is 2. The molecule has 0 aliphatic carbocycles. The van der Waals surface area contributed by atoms with Crippen molar-refractivity contribution >= 4 is 27.0 Å². The Morgan fingerprint density at radius 3 is 2.52 bits per heavy atom. The lowest BCUT2D eigenvalue weighted by molar-refractivity contribution is -0.0541. The van der Waals surface area contributed by atoms with E-state index in [0.717, 1.165) is 0 Å². The third kappa shape index (κ3) is 3.29. The maximum absolute atomic E-state index is 12.2. The molecule has 2 rings (SSSR count). The minimum atomic E-state index is -4.05. The maximum Gasteiger partial charge on any atom is 0.388 e. The largest absolute Gasteiger partial charge is 0.412 e. The Balaban J connectivity index is 2.37. The summed E-state index contributed by atoms with van der Waals surface area (Å²) < 4.78 is 59.8. The van der Waals surface area contributed by atoms with Crippen molar-refractivity contribution in [1.29, 1.82) is 0 Å². The summed E-state index contributed by atoms with van der Waals surface area (Å²) in [6, 6.07) is 0. The lowest BCUT2D eigenvalue weighted by Crippen LogP contribution is -2.16. The number of aromatic nitrogens is 2. The average molecular weight is 339 g/mol. The van der Waals surface area contributed by atoms with E-state index < -0.39 is 22.5 Å². The lowest BCUT2D eigenvalue weighted by atomic mass is 10.4. The van der Waals surface area contributed by atoms with Crippen LogP contribution in [0.15, 0.2) is 9.55 Å². The highest BCUT2D eigenvalue weighted by atomic mass is 32.2. The molecule has 0 bridgehead atoms. The first-order chi connectivity index (χ1) is 9.70. The Bertz CT molecular complexity index is 754. The van der Waals surface area contributed by atoms with Gasteiger partial charge < -0.3 is 9.26 Å². The molecule has 21 heavy (non-hydrogen) atoms. The molecular weight excluding hydrogens is 328 g/mol. The fourth-order valence-electron chi connectivity index (χ4n) is 1.57. The minimum absolute atomic E-state index is 0.00108. The number of thiazole rings is 1. The number of hydrogen-bond donors (Lipinski definition) is 1. The quantitative estimate of drug-likeness (QED) is 0.899. The van der Waals surface area contributed by atoms with Crippen molar-refractivity contribution in [2.45, 2.75) is 32.4 Å². The highest BCUT2D eigenvalue weighted by Crippen LogP contribution is 2.31. The molecule has 0 aromatic carbocycles. The number of aryl methyl sites for hydroxylation is 3. The maximum atomic E-state index is 12.2. The monoisotopic (exact) mass is 339 g/mol. The van der Waals surface area contributed by atoms with Gasteiger partial charge in [0.25, 0.3) is 15.9 Å². The molecule has 0 unspecified atom stereocenters. The third-order valence-electron chi connectivity index (χ3n) is 2.38. The summed E-state index contributed by atoms with van der Waals surface area (Å²) >= 11 is 1.21. The zero-order valence-corrected chi connectivity index (χ0v) is 12.8. The summed E-state index contributed by atoms with van der Waals surface area (Å²) in [5.41, 5.74) is -0.277. The molecule has 11 heteroatoms. The summed E-state index contributed by atoms with van der Waals surface area (Å²) in [6.45, 7) is 1.46. The van der Waals surface area contributed by atoms with E-state index in [1.165, 1.54) is 18.3 Å². The molecule has 0 saturated carbocycles. The Kier molecular flexibility index (Phi) is 4.14. The van der Waals surface area contributed by atoms with Crippen molar-refractivity contribution in [3.63, 3.8) is 0 Å². The summed E-state index contributed by atoms with van der Waals surface area (Å²) in [6.07, 6.45) is 0. The highest BCUT2D eigenvalue weighted by molar-refractivity contribution is 7.92. The molecule has 0 radical (unpaired) electrons. The number of halogens is 2. The van der Waals surface area contributed by atoms with E-state index in [-0.39, 0.29) is 16.5 Å². The Morgan fingerprint density at radius 2 is 2.00 bits per heavy atom. The van der Waals surface area contributed by atoms with Crippen LogP contribution in [-0.2, 0) is 10.0 Å². The molecule has 0 aliphatic heterocycles. The Labute approximate surface area is 123 Å². The summed E-state index contributed by atoms with van der Waals surface area (Å²) in [5, 5.41) is 3.64. The first-order valence-corrected chi connectivity index (χ1v) is 7.88. The molecule has 2 aromatic heterocycles. The standard InChI is InChI=1S/C10H11F2N3O4S2/c1-4-7(8(14-19-4)18-10(11)12)15-21(16,17)9-5(2)20-6(3)13-9/h10,15H,1-3H3. The fraction of sp³-hybridized carbons (Fsp3) is 0.400. The number of rotatable bonds is 5. The van der Waals surface area contributed by atoms with Crippen LogP contribution in [0.3, 0.4) is 0 Å². The van der Waals surface area contributed by atoms with E-state index in [0.29, 0.717) is 9.88 Å². The predicted octanol–water partition coefficient (Wildman–Crippen LogP) is 2.46.